The molecule has 0 spiro atoms. The first-order chi connectivity index (χ1) is 14.4. The molecule has 8 nitrogen and oxygen atoms in total. The van der Waals surface area contributed by atoms with Gasteiger partial charge in [0.15, 0.2) is 0 Å². The quantitative estimate of drug-likeness (QED) is 0.214. The lowest BCUT2D eigenvalue weighted by molar-refractivity contribution is -0.132. The molecule has 0 radical (unpaired) electrons. The van der Waals surface area contributed by atoms with Crippen molar-refractivity contribution in [1.29, 1.82) is 0 Å². The summed E-state index contributed by atoms with van der Waals surface area (Å²) in [5.41, 5.74) is 0.329. The van der Waals surface area contributed by atoms with Crippen LogP contribution in [0.3, 0.4) is 0 Å². The van der Waals surface area contributed by atoms with Gasteiger partial charge in [0, 0.05) is 24.2 Å². The number of aliphatic hydroxyl groups excluding tert-OH is 2. The SMILES string of the molecule is CCCCC1(CCC)N=C(/C(CCC)=C(/CC)C(=O)O)NC1=O.OCCNCCO. The van der Waals surface area contributed by atoms with Crippen molar-refractivity contribution in [3.05, 3.63) is 11.1 Å². The fourth-order valence-corrected chi connectivity index (χ4v) is 3.45. The Morgan fingerprint density at radius 3 is 2.10 bits per heavy atom. The largest absolute Gasteiger partial charge is 0.478 e. The Balaban J connectivity index is 0.00000103. The van der Waals surface area contributed by atoms with Crippen LogP contribution in [0.5, 0.6) is 0 Å². The topological polar surface area (TPSA) is 131 Å². The minimum Gasteiger partial charge on any atom is -0.478 e. The summed E-state index contributed by atoms with van der Waals surface area (Å²) in [5.74, 6) is -0.507. The van der Waals surface area contributed by atoms with Crippen LogP contribution in [-0.2, 0) is 9.59 Å². The average Bonchev–Trinajstić information content (AvgIpc) is 3.03. The van der Waals surface area contributed by atoms with Crippen LogP contribution in [-0.4, -0.2) is 64.9 Å². The Labute approximate surface area is 180 Å². The normalized spacial score (nSPS) is 18.9. The highest BCUT2D eigenvalue weighted by Crippen LogP contribution is 2.31. The number of unbranched alkanes of at least 4 members (excludes halogenated alkanes) is 1. The molecule has 1 rings (SSSR count). The summed E-state index contributed by atoms with van der Waals surface area (Å²) in [7, 11) is 0. The molecule has 1 amide bonds. The van der Waals surface area contributed by atoms with Gasteiger partial charge in [0.2, 0.25) is 0 Å². The zero-order valence-corrected chi connectivity index (χ0v) is 19.1. The molecule has 1 heterocycles. The molecule has 0 aromatic heterocycles. The summed E-state index contributed by atoms with van der Waals surface area (Å²) < 4.78 is 0. The molecule has 0 aromatic rings. The van der Waals surface area contributed by atoms with Gasteiger partial charge in [-0.05, 0) is 25.7 Å². The molecule has 1 unspecified atom stereocenters. The minimum atomic E-state index is -0.922. The second-order valence-corrected chi connectivity index (χ2v) is 7.36. The summed E-state index contributed by atoms with van der Waals surface area (Å²) in [6, 6.07) is 0. The second kappa shape index (κ2) is 16.0. The molecule has 0 saturated carbocycles. The van der Waals surface area contributed by atoms with Gasteiger partial charge in [0.25, 0.3) is 5.91 Å². The van der Waals surface area contributed by atoms with E-state index in [1.54, 1.807) is 0 Å². The molecule has 0 bridgehead atoms. The Kier molecular flexibility index (Phi) is 15.0. The number of carboxylic acids is 1. The lowest BCUT2D eigenvalue weighted by atomic mass is 9.88. The third-order valence-corrected chi connectivity index (χ3v) is 4.93. The molecule has 0 aliphatic carbocycles. The second-order valence-electron chi connectivity index (χ2n) is 7.36. The molecule has 1 aliphatic rings. The number of nitrogens with one attached hydrogen (secondary N) is 2. The maximum atomic E-state index is 12.6. The highest BCUT2D eigenvalue weighted by molar-refractivity contribution is 6.17. The fourth-order valence-electron chi connectivity index (χ4n) is 3.45. The predicted octanol–water partition coefficient (Wildman–Crippen LogP) is 2.40. The number of amidine groups is 1. The summed E-state index contributed by atoms with van der Waals surface area (Å²) in [6.07, 6.45) is 6.11. The first-order valence-corrected chi connectivity index (χ1v) is 11.2. The molecular formula is C22H41N3O5. The van der Waals surface area contributed by atoms with Crippen molar-refractivity contribution in [2.45, 2.75) is 84.6 Å². The van der Waals surface area contributed by atoms with Crippen molar-refractivity contribution >= 4 is 17.7 Å². The molecule has 1 atom stereocenters. The molecule has 174 valence electrons. The van der Waals surface area contributed by atoms with Gasteiger partial charge in [-0.15, -0.1) is 0 Å². The molecule has 0 aromatic carbocycles. The van der Waals surface area contributed by atoms with Gasteiger partial charge in [-0.2, -0.15) is 0 Å². The molecular weight excluding hydrogens is 386 g/mol. The summed E-state index contributed by atoms with van der Waals surface area (Å²) in [4.78, 5) is 28.8. The van der Waals surface area contributed by atoms with E-state index in [2.05, 4.69) is 17.6 Å². The Morgan fingerprint density at radius 1 is 1.03 bits per heavy atom. The number of aliphatic carboxylic acids is 1. The highest BCUT2D eigenvalue weighted by atomic mass is 16.4. The van der Waals surface area contributed by atoms with Crippen LogP contribution in [0.4, 0.5) is 0 Å². The average molecular weight is 428 g/mol. The van der Waals surface area contributed by atoms with Gasteiger partial charge in [-0.1, -0.05) is 53.4 Å². The van der Waals surface area contributed by atoms with E-state index in [4.69, 9.17) is 15.2 Å². The zero-order valence-electron chi connectivity index (χ0n) is 19.1. The van der Waals surface area contributed by atoms with E-state index in [-0.39, 0.29) is 19.1 Å². The fraction of sp³-hybridized carbons (Fsp3) is 0.773. The predicted molar refractivity (Wildman–Crippen MR) is 120 cm³/mol. The molecule has 5 N–H and O–H groups in total. The third kappa shape index (κ3) is 8.93. The van der Waals surface area contributed by atoms with Crippen LogP contribution in [0.25, 0.3) is 0 Å². The number of rotatable bonds is 14. The first-order valence-electron chi connectivity index (χ1n) is 11.2. The number of hydrogen-bond donors (Lipinski definition) is 5. The van der Waals surface area contributed by atoms with Crippen LogP contribution in [0, 0.1) is 0 Å². The lowest BCUT2D eigenvalue weighted by Gasteiger charge is -2.22. The molecule has 30 heavy (non-hydrogen) atoms. The number of hydrogen-bond acceptors (Lipinski definition) is 6. The first kappa shape index (κ1) is 28.2. The van der Waals surface area contributed by atoms with Gasteiger partial charge in [-0.25, -0.2) is 4.79 Å². The number of aliphatic hydroxyl groups is 2. The lowest BCUT2D eigenvalue weighted by Crippen LogP contribution is -2.40. The monoisotopic (exact) mass is 427 g/mol. The number of carbonyl (C=O) groups is 2. The summed E-state index contributed by atoms with van der Waals surface area (Å²) in [5, 5.41) is 31.4. The van der Waals surface area contributed by atoms with E-state index in [1.807, 2.05) is 20.8 Å². The molecule has 8 heteroatoms. The van der Waals surface area contributed by atoms with Gasteiger partial charge in [0.05, 0.1) is 13.2 Å². The molecule has 0 saturated heterocycles. The van der Waals surface area contributed by atoms with Crippen molar-refractivity contribution in [3.63, 3.8) is 0 Å². The summed E-state index contributed by atoms with van der Waals surface area (Å²) >= 11 is 0. The van der Waals surface area contributed by atoms with Crippen molar-refractivity contribution in [3.8, 4) is 0 Å². The summed E-state index contributed by atoms with van der Waals surface area (Å²) in [6.45, 7) is 9.39. The van der Waals surface area contributed by atoms with E-state index in [1.165, 1.54) is 0 Å². The van der Waals surface area contributed by atoms with E-state index >= 15 is 0 Å². The van der Waals surface area contributed by atoms with Gasteiger partial charge in [-0.3, -0.25) is 9.79 Å². The minimum absolute atomic E-state index is 0.0720. The van der Waals surface area contributed by atoms with Gasteiger partial charge < -0.3 is 26.0 Å². The number of nitrogens with zero attached hydrogens (tertiary/aromatic N) is 1. The van der Waals surface area contributed by atoms with E-state index in [9.17, 15) is 14.7 Å². The Bertz CT molecular complexity index is 585. The van der Waals surface area contributed by atoms with Crippen LogP contribution in [0.15, 0.2) is 16.1 Å². The third-order valence-electron chi connectivity index (χ3n) is 4.93. The molecule has 0 fully saturated rings. The van der Waals surface area contributed by atoms with Crippen LogP contribution < -0.4 is 10.6 Å². The van der Waals surface area contributed by atoms with Crippen molar-refractivity contribution in [1.82, 2.24) is 10.6 Å². The molecule has 1 aliphatic heterocycles. The standard InChI is InChI=1S/C18H30N2O3.C4H11NO2/c1-5-9-12-18(11-7-3)17(23)19-15(20-18)14(10-6-2)13(8-4)16(21)22;6-3-1-5-2-4-7/h5-12H2,1-4H3,(H,21,22)(H,19,20,23);5-7H,1-4H2/b14-13-;. The van der Waals surface area contributed by atoms with Crippen LogP contribution in [0.1, 0.15) is 79.1 Å². The van der Waals surface area contributed by atoms with E-state index < -0.39 is 11.5 Å². The van der Waals surface area contributed by atoms with E-state index in [0.29, 0.717) is 49.3 Å². The smallest absolute Gasteiger partial charge is 0.331 e. The maximum absolute atomic E-state index is 12.6. The number of amides is 1. The van der Waals surface area contributed by atoms with Gasteiger partial charge in [0.1, 0.15) is 11.4 Å². The van der Waals surface area contributed by atoms with Crippen molar-refractivity contribution < 1.29 is 24.9 Å². The Morgan fingerprint density at radius 2 is 1.67 bits per heavy atom. The highest BCUT2D eigenvalue weighted by Gasteiger charge is 2.43. The Hall–Kier alpha value is -1.77. The van der Waals surface area contributed by atoms with Crippen molar-refractivity contribution in [2.75, 3.05) is 26.3 Å². The number of carboxylic acid groups (broad SMARTS) is 1. The number of aliphatic imine (C=N–C) groups is 1. The maximum Gasteiger partial charge on any atom is 0.331 e. The van der Waals surface area contributed by atoms with Gasteiger partial charge >= 0.3 is 5.97 Å². The van der Waals surface area contributed by atoms with Crippen LogP contribution in [0.2, 0.25) is 0 Å². The van der Waals surface area contributed by atoms with Crippen LogP contribution >= 0.6 is 0 Å². The zero-order chi connectivity index (χ0) is 23.0. The van der Waals surface area contributed by atoms with E-state index in [0.717, 1.165) is 32.1 Å². The number of carbonyl (C=O) groups excluding carboxylic acids is 1. The van der Waals surface area contributed by atoms with Crippen molar-refractivity contribution in [2.24, 2.45) is 4.99 Å².